The fourth-order valence-corrected chi connectivity index (χ4v) is 2.44. The quantitative estimate of drug-likeness (QED) is 0.864. The molecule has 1 saturated heterocycles. The highest BCUT2D eigenvalue weighted by Crippen LogP contribution is 2.22. The smallest absolute Gasteiger partial charge is 0.161 e. The van der Waals surface area contributed by atoms with Crippen LogP contribution in [0.15, 0.2) is 30.6 Å². The van der Waals surface area contributed by atoms with E-state index in [0.717, 1.165) is 42.4 Å². The van der Waals surface area contributed by atoms with Crippen LogP contribution in [0, 0.1) is 0 Å². The van der Waals surface area contributed by atoms with Gasteiger partial charge >= 0.3 is 0 Å². The molecule has 1 aliphatic rings. The Balaban J connectivity index is 1.95. The molecule has 0 spiro atoms. The Morgan fingerprint density at radius 1 is 1.14 bits per heavy atom. The van der Waals surface area contributed by atoms with Gasteiger partial charge in [-0.25, -0.2) is 9.97 Å². The van der Waals surface area contributed by atoms with Crippen molar-refractivity contribution in [2.45, 2.75) is 26.2 Å². The first kappa shape index (κ1) is 13.7. The highest BCUT2D eigenvalue weighted by atomic mass is 16.1. The minimum atomic E-state index is 0.338. The van der Waals surface area contributed by atoms with Gasteiger partial charge in [-0.2, -0.15) is 0 Å². The molecule has 0 unspecified atom stereocenters. The van der Waals surface area contributed by atoms with Crippen molar-refractivity contribution in [3.05, 3.63) is 36.3 Å². The number of hydrogen-bond acceptors (Lipinski definition) is 5. The van der Waals surface area contributed by atoms with Crippen molar-refractivity contribution in [3.63, 3.8) is 0 Å². The molecule has 2 aromatic rings. The van der Waals surface area contributed by atoms with E-state index in [1.54, 1.807) is 12.4 Å². The first-order valence-corrected chi connectivity index (χ1v) is 7.31. The van der Waals surface area contributed by atoms with E-state index < -0.39 is 0 Å². The second-order valence-electron chi connectivity index (χ2n) is 5.16. The van der Waals surface area contributed by atoms with E-state index in [4.69, 9.17) is 0 Å². The lowest BCUT2D eigenvalue weighted by Crippen LogP contribution is -2.34. The highest BCUT2D eigenvalue weighted by molar-refractivity contribution is 5.80. The third kappa shape index (κ3) is 3.07. The van der Waals surface area contributed by atoms with Gasteiger partial charge in [-0.1, -0.05) is 6.92 Å². The summed E-state index contributed by atoms with van der Waals surface area (Å²) >= 11 is 0. The summed E-state index contributed by atoms with van der Waals surface area (Å²) in [5.74, 6) is 1.98. The maximum atomic E-state index is 11.4. The topological polar surface area (TPSA) is 59.0 Å². The van der Waals surface area contributed by atoms with Gasteiger partial charge < -0.3 is 4.90 Å². The molecule has 108 valence electrons. The van der Waals surface area contributed by atoms with Gasteiger partial charge in [0.25, 0.3) is 0 Å². The van der Waals surface area contributed by atoms with Crippen molar-refractivity contribution in [3.8, 4) is 11.4 Å². The first-order chi connectivity index (χ1) is 10.3. The molecule has 1 fully saturated rings. The molecule has 0 aliphatic carbocycles. The Bertz CT molecular complexity index is 632. The highest BCUT2D eigenvalue weighted by Gasteiger charge is 2.18. The van der Waals surface area contributed by atoms with Crippen LogP contribution in [0.2, 0.25) is 0 Å². The van der Waals surface area contributed by atoms with Crippen LogP contribution < -0.4 is 4.90 Å². The van der Waals surface area contributed by atoms with E-state index in [1.807, 2.05) is 18.2 Å². The number of Topliss-reactive ketones (excluding diaryl/α,β-unsaturated/α-hetero) is 1. The third-order valence-electron chi connectivity index (χ3n) is 3.71. The first-order valence-electron chi connectivity index (χ1n) is 7.31. The van der Waals surface area contributed by atoms with Gasteiger partial charge in [0, 0.05) is 55.6 Å². The molecule has 0 radical (unpaired) electrons. The van der Waals surface area contributed by atoms with Gasteiger partial charge in [-0.15, -0.1) is 0 Å². The standard InChI is InChI=1S/C16H18N4O/c1-2-13-11-15(20-9-5-14(21)6-10-20)19-16(18-13)12-3-7-17-8-4-12/h3-4,7-8,11H,2,5-6,9-10H2,1H3. The predicted octanol–water partition coefficient (Wildman–Crippen LogP) is 2.27. The van der Waals surface area contributed by atoms with Crippen LogP contribution in [0.3, 0.4) is 0 Å². The number of aryl methyl sites for hydroxylation is 1. The fourth-order valence-electron chi connectivity index (χ4n) is 2.44. The fraction of sp³-hybridized carbons (Fsp3) is 0.375. The summed E-state index contributed by atoms with van der Waals surface area (Å²) in [6.07, 6.45) is 5.57. The summed E-state index contributed by atoms with van der Waals surface area (Å²) in [6.45, 7) is 3.58. The number of piperidine rings is 1. The Hall–Kier alpha value is -2.30. The summed E-state index contributed by atoms with van der Waals surface area (Å²) < 4.78 is 0. The van der Waals surface area contributed by atoms with E-state index >= 15 is 0 Å². The van der Waals surface area contributed by atoms with E-state index in [1.165, 1.54) is 0 Å². The zero-order chi connectivity index (χ0) is 14.7. The van der Waals surface area contributed by atoms with Crippen LogP contribution in [-0.4, -0.2) is 33.8 Å². The molecule has 5 nitrogen and oxygen atoms in total. The molecule has 5 heteroatoms. The number of ketones is 1. The lowest BCUT2D eigenvalue weighted by Gasteiger charge is -2.27. The number of rotatable bonds is 3. The zero-order valence-electron chi connectivity index (χ0n) is 12.1. The van der Waals surface area contributed by atoms with Crippen molar-refractivity contribution in [2.24, 2.45) is 0 Å². The number of anilines is 1. The van der Waals surface area contributed by atoms with Gasteiger partial charge in [-0.3, -0.25) is 9.78 Å². The average molecular weight is 282 g/mol. The summed E-state index contributed by atoms with van der Waals surface area (Å²) in [5, 5.41) is 0. The van der Waals surface area contributed by atoms with Crippen LogP contribution in [0.25, 0.3) is 11.4 Å². The van der Waals surface area contributed by atoms with Gasteiger partial charge in [0.2, 0.25) is 0 Å². The van der Waals surface area contributed by atoms with Gasteiger partial charge in [0.05, 0.1) is 0 Å². The molecule has 0 atom stereocenters. The predicted molar refractivity (Wildman–Crippen MR) is 81.1 cm³/mol. The van der Waals surface area contributed by atoms with Crippen LogP contribution >= 0.6 is 0 Å². The molecule has 0 N–H and O–H groups in total. The van der Waals surface area contributed by atoms with E-state index in [0.29, 0.717) is 18.6 Å². The molecule has 21 heavy (non-hydrogen) atoms. The molecule has 3 heterocycles. The average Bonchev–Trinajstić information content (AvgIpc) is 2.56. The summed E-state index contributed by atoms with van der Waals surface area (Å²) in [7, 11) is 0. The van der Waals surface area contributed by atoms with Crippen molar-refractivity contribution < 1.29 is 4.79 Å². The van der Waals surface area contributed by atoms with Crippen molar-refractivity contribution in [1.29, 1.82) is 0 Å². The van der Waals surface area contributed by atoms with Crippen molar-refractivity contribution in [1.82, 2.24) is 15.0 Å². The maximum absolute atomic E-state index is 11.4. The Morgan fingerprint density at radius 3 is 2.52 bits per heavy atom. The molecule has 0 aromatic carbocycles. The van der Waals surface area contributed by atoms with Gasteiger partial charge in [0.15, 0.2) is 5.82 Å². The number of nitrogens with zero attached hydrogens (tertiary/aromatic N) is 4. The number of carbonyl (C=O) groups excluding carboxylic acids is 1. The second-order valence-corrected chi connectivity index (χ2v) is 5.16. The zero-order valence-corrected chi connectivity index (χ0v) is 12.1. The Kier molecular flexibility index (Phi) is 3.90. The largest absolute Gasteiger partial charge is 0.356 e. The van der Waals surface area contributed by atoms with Crippen LogP contribution in [0.1, 0.15) is 25.5 Å². The minimum Gasteiger partial charge on any atom is -0.356 e. The maximum Gasteiger partial charge on any atom is 0.161 e. The van der Waals surface area contributed by atoms with Crippen LogP contribution in [0.4, 0.5) is 5.82 Å². The molecular formula is C16H18N4O. The molecule has 2 aromatic heterocycles. The summed E-state index contributed by atoms with van der Waals surface area (Å²) in [4.78, 5) is 26.9. The molecule has 1 aliphatic heterocycles. The Morgan fingerprint density at radius 2 is 1.86 bits per heavy atom. The third-order valence-corrected chi connectivity index (χ3v) is 3.71. The van der Waals surface area contributed by atoms with Gasteiger partial charge in [0.1, 0.15) is 11.6 Å². The summed E-state index contributed by atoms with van der Waals surface area (Å²) in [5.41, 5.74) is 1.98. The van der Waals surface area contributed by atoms with Gasteiger partial charge in [-0.05, 0) is 18.6 Å². The Labute approximate surface area is 124 Å². The molecule has 0 bridgehead atoms. The lowest BCUT2D eigenvalue weighted by atomic mass is 10.1. The monoisotopic (exact) mass is 282 g/mol. The lowest BCUT2D eigenvalue weighted by molar-refractivity contribution is -0.119. The number of hydrogen-bond donors (Lipinski definition) is 0. The van der Waals surface area contributed by atoms with E-state index in [9.17, 15) is 4.79 Å². The normalized spacial score (nSPS) is 15.3. The molecule has 0 saturated carbocycles. The van der Waals surface area contributed by atoms with E-state index in [2.05, 4.69) is 26.8 Å². The summed E-state index contributed by atoms with van der Waals surface area (Å²) in [6, 6.07) is 5.86. The molecule has 3 rings (SSSR count). The SMILES string of the molecule is CCc1cc(N2CCC(=O)CC2)nc(-c2ccncc2)n1. The second kappa shape index (κ2) is 5.99. The minimum absolute atomic E-state index is 0.338. The number of carbonyl (C=O) groups is 1. The van der Waals surface area contributed by atoms with Crippen molar-refractivity contribution >= 4 is 11.6 Å². The number of aromatic nitrogens is 3. The van der Waals surface area contributed by atoms with E-state index in [-0.39, 0.29) is 0 Å². The van der Waals surface area contributed by atoms with Crippen molar-refractivity contribution in [2.75, 3.05) is 18.0 Å². The number of pyridine rings is 1. The van der Waals surface area contributed by atoms with Crippen LogP contribution in [0.5, 0.6) is 0 Å². The van der Waals surface area contributed by atoms with Crippen LogP contribution in [-0.2, 0) is 11.2 Å². The molecule has 0 amide bonds. The molecular weight excluding hydrogens is 264 g/mol.